The summed E-state index contributed by atoms with van der Waals surface area (Å²) in [6.07, 6.45) is 7.35. The van der Waals surface area contributed by atoms with Crippen molar-refractivity contribution in [1.82, 2.24) is 4.98 Å². The van der Waals surface area contributed by atoms with E-state index in [-0.39, 0.29) is 23.9 Å². The first-order chi connectivity index (χ1) is 13.9. The Morgan fingerprint density at radius 3 is 2.48 bits per heavy atom. The first kappa shape index (κ1) is 17.6. The van der Waals surface area contributed by atoms with Crippen LogP contribution < -0.4 is 4.74 Å². The molecule has 0 saturated carbocycles. The van der Waals surface area contributed by atoms with E-state index in [9.17, 15) is 20.4 Å². The normalized spacial score (nSPS) is 22.0. The number of pyridine rings is 1. The summed E-state index contributed by atoms with van der Waals surface area (Å²) in [5.74, 6) is -0.289. The number of rotatable bonds is 2. The van der Waals surface area contributed by atoms with Gasteiger partial charge in [-0.2, -0.15) is 0 Å². The molecule has 3 aromatic rings. The molecule has 29 heavy (non-hydrogen) atoms. The molecule has 0 spiro atoms. The van der Waals surface area contributed by atoms with E-state index in [1.165, 1.54) is 12.1 Å². The van der Waals surface area contributed by atoms with Gasteiger partial charge in [0.25, 0.3) is 0 Å². The molecule has 2 atom stereocenters. The van der Waals surface area contributed by atoms with Gasteiger partial charge in [-0.3, -0.25) is 4.98 Å². The maximum absolute atomic E-state index is 11.3. The Hall–Kier alpha value is -3.51. The van der Waals surface area contributed by atoms with Gasteiger partial charge in [0, 0.05) is 41.9 Å². The van der Waals surface area contributed by atoms with Gasteiger partial charge in [-0.25, -0.2) is 0 Å². The number of hydrogen-bond donors (Lipinski definition) is 4. The zero-order valence-corrected chi connectivity index (χ0v) is 15.4. The molecule has 1 aliphatic heterocycles. The van der Waals surface area contributed by atoms with E-state index in [1.54, 1.807) is 30.6 Å². The number of aromatic hydroxyl groups is 3. The molecule has 6 heteroatoms. The number of benzene rings is 2. The lowest BCUT2D eigenvalue weighted by molar-refractivity contribution is -0.0219. The maximum Gasteiger partial charge on any atom is 0.157 e. The number of aliphatic hydroxyl groups is 1. The van der Waals surface area contributed by atoms with Crippen LogP contribution in [0.4, 0.5) is 0 Å². The van der Waals surface area contributed by atoms with Crippen molar-refractivity contribution in [2.75, 3.05) is 6.61 Å². The minimum atomic E-state index is -1.18. The molecule has 0 amide bonds. The predicted molar refractivity (Wildman–Crippen MR) is 107 cm³/mol. The molecule has 0 fully saturated rings. The number of aromatic nitrogens is 1. The second-order valence-electron chi connectivity index (χ2n) is 7.60. The lowest BCUT2D eigenvalue weighted by Crippen LogP contribution is -2.43. The summed E-state index contributed by atoms with van der Waals surface area (Å²) in [7, 11) is 0. The summed E-state index contributed by atoms with van der Waals surface area (Å²) in [5.41, 5.74) is 2.60. The lowest BCUT2D eigenvalue weighted by atomic mass is 9.80. The Labute approximate surface area is 167 Å². The van der Waals surface area contributed by atoms with E-state index < -0.39 is 11.5 Å². The quantitative estimate of drug-likeness (QED) is 0.502. The van der Waals surface area contributed by atoms with E-state index in [2.05, 4.69) is 4.98 Å². The van der Waals surface area contributed by atoms with Crippen LogP contribution in [-0.2, 0) is 6.42 Å². The molecule has 2 aromatic carbocycles. The summed E-state index contributed by atoms with van der Waals surface area (Å²) in [6, 6.07) is 10.1. The molecule has 146 valence electrons. The number of fused-ring (bicyclic) bond motifs is 5. The van der Waals surface area contributed by atoms with Crippen LogP contribution in [0.3, 0.4) is 0 Å². The molecule has 4 N–H and O–H groups in total. The van der Waals surface area contributed by atoms with Crippen LogP contribution in [0.5, 0.6) is 23.0 Å². The highest BCUT2D eigenvalue weighted by Gasteiger charge is 2.50. The Kier molecular flexibility index (Phi) is 3.79. The molecular formula is C23H19NO5. The third-order valence-corrected chi connectivity index (χ3v) is 5.69. The minimum absolute atomic E-state index is 0.0620. The second-order valence-corrected chi connectivity index (χ2v) is 7.60. The Bertz CT molecular complexity index is 1140. The molecule has 2 heterocycles. The molecule has 1 aliphatic carbocycles. The number of ether oxygens (including phenoxy) is 1. The van der Waals surface area contributed by atoms with Gasteiger partial charge in [0.2, 0.25) is 0 Å². The highest BCUT2D eigenvalue weighted by molar-refractivity contribution is 5.74. The van der Waals surface area contributed by atoms with Crippen LogP contribution in [0, 0.1) is 0 Å². The van der Waals surface area contributed by atoms with E-state index in [1.807, 2.05) is 18.2 Å². The van der Waals surface area contributed by atoms with Crippen molar-refractivity contribution in [2.45, 2.75) is 17.9 Å². The number of phenols is 3. The first-order valence-electron chi connectivity index (χ1n) is 9.29. The topological polar surface area (TPSA) is 103 Å². The molecular weight excluding hydrogens is 370 g/mol. The van der Waals surface area contributed by atoms with Crippen LogP contribution in [0.1, 0.15) is 33.7 Å². The van der Waals surface area contributed by atoms with Crippen LogP contribution in [-0.4, -0.2) is 37.6 Å². The lowest BCUT2D eigenvalue weighted by Gasteiger charge is -2.36. The summed E-state index contributed by atoms with van der Waals surface area (Å²) in [6.45, 7) is 0.0620. The largest absolute Gasteiger partial charge is 0.507 e. The summed E-state index contributed by atoms with van der Waals surface area (Å²) >= 11 is 0. The number of nitrogens with zero attached hydrogens (tertiary/aromatic N) is 1. The van der Waals surface area contributed by atoms with E-state index >= 15 is 0 Å². The van der Waals surface area contributed by atoms with Gasteiger partial charge < -0.3 is 25.2 Å². The molecule has 0 bridgehead atoms. The Balaban J connectivity index is 1.62. The molecule has 0 saturated heterocycles. The van der Waals surface area contributed by atoms with Gasteiger partial charge >= 0.3 is 0 Å². The van der Waals surface area contributed by atoms with Crippen molar-refractivity contribution in [3.8, 4) is 23.0 Å². The van der Waals surface area contributed by atoms with Gasteiger partial charge in [-0.05, 0) is 47.0 Å². The third-order valence-electron chi connectivity index (χ3n) is 5.69. The van der Waals surface area contributed by atoms with Crippen molar-refractivity contribution in [3.05, 3.63) is 76.6 Å². The smallest absolute Gasteiger partial charge is 0.157 e. The zero-order chi connectivity index (χ0) is 20.2. The van der Waals surface area contributed by atoms with Crippen LogP contribution >= 0.6 is 0 Å². The monoisotopic (exact) mass is 389 g/mol. The van der Waals surface area contributed by atoms with Gasteiger partial charge in [-0.1, -0.05) is 12.2 Å². The fourth-order valence-corrected chi connectivity index (χ4v) is 4.32. The highest BCUT2D eigenvalue weighted by atomic mass is 16.5. The number of phenolic OH excluding ortho intramolecular Hbond substituents is 3. The fourth-order valence-electron chi connectivity index (χ4n) is 4.32. The third kappa shape index (κ3) is 2.80. The SMILES string of the molecule is Oc1cc2c(cc1O)[C@@H]1c3cc(/C=C/c4ccncc4)c(O)cc3OC[C@]1(O)C2. The van der Waals surface area contributed by atoms with Crippen molar-refractivity contribution in [2.24, 2.45) is 0 Å². The molecule has 6 nitrogen and oxygen atoms in total. The van der Waals surface area contributed by atoms with Crippen molar-refractivity contribution in [3.63, 3.8) is 0 Å². The zero-order valence-electron chi connectivity index (χ0n) is 15.4. The van der Waals surface area contributed by atoms with Gasteiger partial charge in [0.15, 0.2) is 11.5 Å². The number of hydrogen-bond acceptors (Lipinski definition) is 6. The summed E-state index contributed by atoms with van der Waals surface area (Å²) in [4.78, 5) is 3.99. The van der Waals surface area contributed by atoms with Gasteiger partial charge in [-0.15, -0.1) is 0 Å². The molecule has 1 aromatic heterocycles. The first-order valence-corrected chi connectivity index (χ1v) is 9.29. The van der Waals surface area contributed by atoms with Gasteiger partial charge in [0.05, 0.1) is 0 Å². The second kappa shape index (κ2) is 6.25. The molecule has 5 rings (SSSR count). The molecule has 0 unspecified atom stereocenters. The van der Waals surface area contributed by atoms with Crippen LogP contribution in [0.15, 0.2) is 48.8 Å². The average molecular weight is 389 g/mol. The van der Waals surface area contributed by atoms with E-state index in [0.717, 1.165) is 22.3 Å². The van der Waals surface area contributed by atoms with Crippen molar-refractivity contribution < 1.29 is 25.2 Å². The Morgan fingerprint density at radius 1 is 0.931 bits per heavy atom. The van der Waals surface area contributed by atoms with Crippen molar-refractivity contribution >= 4 is 12.2 Å². The Morgan fingerprint density at radius 2 is 1.69 bits per heavy atom. The summed E-state index contributed by atoms with van der Waals surface area (Å²) < 4.78 is 5.76. The molecule has 0 radical (unpaired) electrons. The van der Waals surface area contributed by atoms with Crippen LogP contribution in [0.25, 0.3) is 12.2 Å². The van der Waals surface area contributed by atoms with E-state index in [4.69, 9.17) is 4.74 Å². The standard InChI is InChI=1S/C23H19NO5/c25-18-10-21-17(7-14(18)2-1-13-3-5-24-6-4-13)22-16-9-20(27)19(26)8-15(16)11-23(22,28)12-29-21/h1-10,22,25-28H,11-12H2/b2-1+/t22-,23-/m1/s1. The average Bonchev–Trinajstić information content (AvgIpc) is 2.99. The van der Waals surface area contributed by atoms with Gasteiger partial charge in [0.1, 0.15) is 23.7 Å². The van der Waals surface area contributed by atoms with E-state index in [0.29, 0.717) is 17.7 Å². The maximum atomic E-state index is 11.3. The van der Waals surface area contributed by atoms with Crippen molar-refractivity contribution in [1.29, 1.82) is 0 Å². The minimum Gasteiger partial charge on any atom is -0.507 e. The molecule has 2 aliphatic rings. The summed E-state index contributed by atoms with van der Waals surface area (Å²) in [5, 5.41) is 41.5. The van der Waals surface area contributed by atoms with Crippen LogP contribution in [0.2, 0.25) is 0 Å². The highest BCUT2D eigenvalue weighted by Crippen LogP contribution is 2.53. The fraction of sp³-hybridized carbons (Fsp3) is 0.174. The predicted octanol–water partition coefficient (Wildman–Crippen LogP) is 3.18.